The molecule has 110 valence electrons. The molecule has 0 aliphatic carbocycles. The molecule has 2 aromatic rings. The number of carbonyl (C=O) groups is 1. The van der Waals surface area contributed by atoms with Gasteiger partial charge in [-0.25, -0.2) is 0 Å². The van der Waals surface area contributed by atoms with Gasteiger partial charge in [-0.05, 0) is 25.1 Å². The van der Waals surface area contributed by atoms with Gasteiger partial charge in [0, 0.05) is 30.7 Å². The molecule has 0 fully saturated rings. The molecule has 0 aliphatic rings. The van der Waals surface area contributed by atoms with Crippen molar-refractivity contribution in [2.75, 3.05) is 12.3 Å². The molecule has 0 bridgehead atoms. The largest absolute Gasteiger partial charge is 0.398 e. The predicted octanol–water partition coefficient (Wildman–Crippen LogP) is 0.874. The number of nitrogens with zero attached hydrogens (tertiary/aromatic N) is 3. The van der Waals surface area contributed by atoms with Gasteiger partial charge in [0.15, 0.2) is 0 Å². The highest BCUT2D eigenvalue weighted by molar-refractivity contribution is 5.76. The fourth-order valence-corrected chi connectivity index (χ4v) is 1.98. The van der Waals surface area contributed by atoms with Crippen molar-refractivity contribution < 1.29 is 4.79 Å². The van der Waals surface area contributed by atoms with Crippen LogP contribution >= 0.6 is 0 Å². The monoisotopic (exact) mass is 286 g/mol. The van der Waals surface area contributed by atoms with E-state index in [-0.39, 0.29) is 18.0 Å². The zero-order valence-corrected chi connectivity index (χ0v) is 11.9. The number of hydrogen-bond acceptors (Lipinski definition) is 4. The first-order valence-corrected chi connectivity index (χ1v) is 6.74. The van der Waals surface area contributed by atoms with Crippen molar-refractivity contribution in [2.24, 2.45) is 0 Å². The van der Waals surface area contributed by atoms with Gasteiger partial charge in [-0.15, -0.1) is 0 Å². The van der Waals surface area contributed by atoms with Gasteiger partial charge in [-0.2, -0.15) is 0 Å². The van der Waals surface area contributed by atoms with Crippen LogP contribution in [0.3, 0.4) is 0 Å². The summed E-state index contributed by atoms with van der Waals surface area (Å²) in [5.41, 5.74) is 6.66. The lowest BCUT2D eigenvalue weighted by Gasteiger charge is -2.21. The third-order valence-corrected chi connectivity index (χ3v) is 3.13. The molecule has 6 heteroatoms. The molecule has 0 aromatic carbocycles. The lowest BCUT2D eigenvalue weighted by molar-refractivity contribution is -0.132. The number of aromatic nitrogens is 2. The number of pyridine rings is 2. The van der Waals surface area contributed by atoms with Gasteiger partial charge >= 0.3 is 0 Å². The fourth-order valence-electron chi connectivity index (χ4n) is 1.98. The second-order valence-corrected chi connectivity index (χ2v) is 4.66. The van der Waals surface area contributed by atoms with Gasteiger partial charge in [-0.1, -0.05) is 6.07 Å². The van der Waals surface area contributed by atoms with E-state index in [1.807, 2.05) is 25.1 Å². The highest BCUT2D eigenvalue weighted by atomic mass is 16.2. The molecule has 0 aliphatic heterocycles. The maximum absolute atomic E-state index is 12.3. The Morgan fingerprint density at radius 1 is 1.33 bits per heavy atom. The summed E-state index contributed by atoms with van der Waals surface area (Å²) in [7, 11) is 0. The molecule has 0 unspecified atom stereocenters. The maximum Gasteiger partial charge on any atom is 0.251 e. The number of nitrogen functional groups attached to an aromatic ring is 1. The molecular formula is C15H18N4O2. The summed E-state index contributed by atoms with van der Waals surface area (Å²) < 4.78 is 1.32. The molecule has 0 saturated carbocycles. The molecule has 2 rings (SSSR count). The first-order chi connectivity index (χ1) is 10.1. The van der Waals surface area contributed by atoms with Crippen LogP contribution in [0.5, 0.6) is 0 Å². The minimum absolute atomic E-state index is 0.0233. The summed E-state index contributed by atoms with van der Waals surface area (Å²) in [6.45, 7) is 2.84. The van der Waals surface area contributed by atoms with E-state index in [2.05, 4.69) is 4.98 Å². The summed E-state index contributed by atoms with van der Waals surface area (Å²) in [5.74, 6) is -0.143. The molecule has 2 N–H and O–H groups in total. The topological polar surface area (TPSA) is 81.2 Å². The van der Waals surface area contributed by atoms with Crippen molar-refractivity contribution >= 4 is 11.6 Å². The third kappa shape index (κ3) is 3.92. The molecule has 2 aromatic heterocycles. The van der Waals surface area contributed by atoms with Crippen LogP contribution in [0.1, 0.15) is 12.6 Å². The molecule has 6 nitrogen and oxygen atoms in total. The van der Waals surface area contributed by atoms with Gasteiger partial charge in [-0.3, -0.25) is 14.6 Å². The second-order valence-electron chi connectivity index (χ2n) is 4.66. The Bertz CT molecular complexity index is 667. The SMILES string of the molecule is CCN(Cc1ccccn1)C(=O)Cn1cc(N)ccc1=O. The van der Waals surface area contributed by atoms with E-state index in [0.29, 0.717) is 18.8 Å². The quantitative estimate of drug-likeness (QED) is 0.884. The van der Waals surface area contributed by atoms with E-state index in [9.17, 15) is 9.59 Å². The molecule has 0 spiro atoms. The Labute approximate surface area is 122 Å². The minimum Gasteiger partial charge on any atom is -0.398 e. The summed E-state index contributed by atoms with van der Waals surface area (Å²) in [5, 5.41) is 0. The minimum atomic E-state index is -0.244. The smallest absolute Gasteiger partial charge is 0.251 e. The van der Waals surface area contributed by atoms with Gasteiger partial charge < -0.3 is 15.2 Å². The summed E-state index contributed by atoms with van der Waals surface area (Å²) in [6.07, 6.45) is 3.17. The van der Waals surface area contributed by atoms with Gasteiger partial charge in [0.1, 0.15) is 6.54 Å². The Morgan fingerprint density at radius 2 is 2.14 bits per heavy atom. The van der Waals surface area contributed by atoms with E-state index >= 15 is 0 Å². The number of amides is 1. The average molecular weight is 286 g/mol. The van der Waals surface area contributed by atoms with Crippen LogP contribution in [-0.4, -0.2) is 26.9 Å². The van der Waals surface area contributed by atoms with Crippen molar-refractivity contribution in [2.45, 2.75) is 20.0 Å². The standard InChI is InChI=1S/C15H18N4O2/c1-2-18(10-13-5-3-4-8-17-13)15(21)11-19-9-12(16)6-7-14(19)20/h3-9H,2,10-11,16H2,1H3. The molecular weight excluding hydrogens is 268 g/mol. The van der Waals surface area contributed by atoms with E-state index in [0.717, 1.165) is 5.69 Å². The first-order valence-electron chi connectivity index (χ1n) is 6.74. The number of rotatable bonds is 5. The molecule has 1 amide bonds. The first kappa shape index (κ1) is 14.8. The van der Waals surface area contributed by atoms with Crippen LogP contribution in [0, 0.1) is 0 Å². The number of nitrogens with two attached hydrogens (primary N) is 1. The van der Waals surface area contributed by atoms with Crippen LogP contribution < -0.4 is 11.3 Å². The molecule has 0 saturated heterocycles. The third-order valence-electron chi connectivity index (χ3n) is 3.13. The van der Waals surface area contributed by atoms with E-state index in [1.165, 1.54) is 22.9 Å². The maximum atomic E-state index is 12.3. The lowest BCUT2D eigenvalue weighted by Crippen LogP contribution is -2.36. The van der Waals surface area contributed by atoms with Gasteiger partial charge in [0.25, 0.3) is 5.56 Å². The Hall–Kier alpha value is -2.63. The number of hydrogen-bond donors (Lipinski definition) is 1. The molecule has 0 radical (unpaired) electrons. The van der Waals surface area contributed by atoms with Gasteiger partial charge in [0.05, 0.1) is 12.2 Å². The van der Waals surface area contributed by atoms with Crippen LogP contribution in [-0.2, 0) is 17.9 Å². The zero-order chi connectivity index (χ0) is 15.2. The Kier molecular flexibility index (Phi) is 4.71. The van der Waals surface area contributed by atoms with Crippen LogP contribution in [0.2, 0.25) is 0 Å². The lowest BCUT2D eigenvalue weighted by atomic mass is 10.3. The van der Waals surface area contributed by atoms with E-state index in [1.54, 1.807) is 11.1 Å². The summed E-state index contributed by atoms with van der Waals surface area (Å²) in [4.78, 5) is 29.9. The average Bonchev–Trinajstić information content (AvgIpc) is 2.49. The normalized spacial score (nSPS) is 10.3. The van der Waals surface area contributed by atoms with Crippen LogP contribution in [0.4, 0.5) is 5.69 Å². The number of likely N-dealkylation sites (N-methyl/N-ethyl adjacent to an activating group) is 1. The van der Waals surface area contributed by atoms with Crippen LogP contribution in [0.25, 0.3) is 0 Å². The molecule has 21 heavy (non-hydrogen) atoms. The summed E-state index contributed by atoms with van der Waals surface area (Å²) >= 11 is 0. The van der Waals surface area contributed by atoms with Crippen molar-refractivity contribution in [1.82, 2.24) is 14.5 Å². The second kappa shape index (κ2) is 6.69. The predicted molar refractivity (Wildman–Crippen MR) is 80.4 cm³/mol. The highest BCUT2D eigenvalue weighted by Gasteiger charge is 2.14. The Balaban J connectivity index is 2.10. The number of carbonyl (C=O) groups excluding carboxylic acids is 1. The zero-order valence-electron chi connectivity index (χ0n) is 11.9. The van der Waals surface area contributed by atoms with Crippen LogP contribution in [0.15, 0.2) is 47.5 Å². The van der Waals surface area contributed by atoms with Crippen molar-refractivity contribution in [3.05, 3.63) is 58.8 Å². The summed E-state index contributed by atoms with van der Waals surface area (Å²) in [6, 6.07) is 8.45. The van der Waals surface area contributed by atoms with E-state index in [4.69, 9.17) is 5.73 Å². The van der Waals surface area contributed by atoms with Gasteiger partial charge in [0.2, 0.25) is 5.91 Å². The highest BCUT2D eigenvalue weighted by Crippen LogP contribution is 2.03. The molecule has 2 heterocycles. The number of anilines is 1. The molecule has 0 atom stereocenters. The van der Waals surface area contributed by atoms with E-state index < -0.39 is 0 Å². The Morgan fingerprint density at radius 3 is 2.81 bits per heavy atom. The van der Waals surface area contributed by atoms with Crippen molar-refractivity contribution in [3.63, 3.8) is 0 Å². The van der Waals surface area contributed by atoms with Crippen molar-refractivity contribution in [1.29, 1.82) is 0 Å². The fraction of sp³-hybridized carbons (Fsp3) is 0.267. The van der Waals surface area contributed by atoms with Crippen molar-refractivity contribution in [3.8, 4) is 0 Å².